The molecule has 4 rings (SSSR count). The Kier molecular flexibility index (Phi) is 4.16. The second-order valence-corrected chi connectivity index (χ2v) is 6.22. The van der Waals surface area contributed by atoms with Crippen molar-refractivity contribution in [2.75, 3.05) is 0 Å². The van der Waals surface area contributed by atoms with Crippen LogP contribution in [-0.4, -0.2) is 5.71 Å². The maximum atomic E-state index is 9.02. The van der Waals surface area contributed by atoms with Gasteiger partial charge in [0.05, 0.1) is 17.4 Å². The highest BCUT2D eigenvalue weighted by molar-refractivity contribution is 6.08. The van der Waals surface area contributed by atoms with E-state index in [4.69, 9.17) is 15.1 Å². The number of nitriles is 1. The molecule has 3 heteroatoms. The summed E-state index contributed by atoms with van der Waals surface area (Å²) in [5.74, 6) is 0. The molecule has 1 N–H and O–H groups in total. The summed E-state index contributed by atoms with van der Waals surface area (Å²) >= 11 is 0. The van der Waals surface area contributed by atoms with Gasteiger partial charge in [-0.2, -0.15) is 5.26 Å². The SMILES string of the molecule is C=C/C(C#N)=C\C(=N)c1cccc(-c2ccc3c(c2)oc2ccccc23)c1. The molecule has 4 aromatic rings. The molecule has 0 aliphatic heterocycles. The van der Waals surface area contributed by atoms with E-state index in [1.807, 2.05) is 54.6 Å². The third-order valence-corrected chi connectivity index (χ3v) is 4.53. The van der Waals surface area contributed by atoms with E-state index in [-0.39, 0.29) is 5.71 Å². The van der Waals surface area contributed by atoms with Crippen LogP contribution < -0.4 is 0 Å². The van der Waals surface area contributed by atoms with Gasteiger partial charge in [0.1, 0.15) is 11.2 Å². The first-order chi connectivity index (χ1) is 13.2. The number of rotatable bonds is 4. The Bertz CT molecular complexity index is 1270. The first-order valence-electron chi connectivity index (χ1n) is 8.54. The van der Waals surface area contributed by atoms with Gasteiger partial charge in [0, 0.05) is 16.3 Å². The summed E-state index contributed by atoms with van der Waals surface area (Å²) in [4.78, 5) is 0. The fourth-order valence-corrected chi connectivity index (χ4v) is 3.15. The van der Waals surface area contributed by atoms with Gasteiger partial charge in [-0.1, -0.05) is 55.1 Å². The van der Waals surface area contributed by atoms with Crippen LogP contribution in [0.25, 0.3) is 33.1 Å². The lowest BCUT2D eigenvalue weighted by atomic mass is 9.99. The van der Waals surface area contributed by atoms with Crippen LogP contribution in [0.2, 0.25) is 0 Å². The molecule has 0 atom stereocenters. The van der Waals surface area contributed by atoms with Gasteiger partial charge in [0.25, 0.3) is 0 Å². The standard InChI is InChI=1S/C24H16N2O/c1-2-16(15-25)12-22(26)19-7-5-6-17(13-19)18-10-11-21-20-8-3-4-9-23(20)27-24(21)14-18/h2-14,26H,1H2/b16-12+,26-22?. The van der Waals surface area contributed by atoms with Crippen LogP contribution >= 0.6 is 0 Å². The first kappa shape index (κ1) is 16.6. The monoisotopic (exact) mass is 348 g/mol. The number of nitrogens with zero attached hydrogens (tertiary/aromatic N) is 1. The average molecular weight is 348 g/mol. The van der Waals surface area contributed by atoms with Gasteiger partial charge in [-0.3, -0.25) is 0 Å². The molecule has 0 saturated heterocycles. The summed E-state index contributed by atoms with van der Waals surface area (Å²) in [7, 11) is 0. The molecule has 3 aromatic carbocycles. The number of fused-ring (bicyclic) bond motifs is 3. The Morgan fingerprint density at radius 2 is 1.70 bits per heavy atom. The van der Waals surface area contributed by atoms with E-state index in [2.05, 4.69) is 24.8 Å². The van der Waals surface area contributed by atoms with Gasteiger partial charge in [0.2, 0.25) is 0 Å². The predicted molar refractivity (Wildman–Crippen MR) is 110 cm³/mol. The summed E-state index contributed by atoms with van der Waals surface area (Å²) in [5, 5.41) is 19.4. The van der Waals surface area contributed by atoms with Crippen LogP contribution in [0.4, 0.5) is 0 Å². The molecule has 27 heavy (non-hydrogen) atoms. The Balaban J connectivity index is 1.76. The molecule has 1 aromatic heterocycles. The van der Waals surface area contributed by atoms with E-state index >= 15 is 0 Å². The molecule has 128 valence electrons. The number of para-hydroxylation sites is 1. The summed E-state index contributed by atoms with van der Waals surface area (Å²) in [6, 6.07) is 23.9. The summed E-state index contributed by atoms with van der Waals surface area (Å²) in [6.07, 6.45) is 2.97. The molecule has 0 aliphatic carbocycles. The molecule has 0 aliphatic rings. The molecule has 0 fully saturated rings. The molecule has 3 nitrogen and oxygen atoms in total. The highest BCUT2D eigenvalue weighted by Crippen LogP contribution is 2.32. The largest absolute Gasteiger partial charge is 0.456 e. The van der Waals surface area contributed by atoms with Crippen molar-refractivity contribution < 1.29 is 4.42 Å². The smallest absolute Gasteiger partial charge is 0.136 e. The van der Waals surface area contributed by atoms with E-state index in [1.165, 1.54) is 12.2 Å². The van der Waals surface area contributed by atoms with Gasteiger partial charge < -0.3 is 9.83 Å². The Labute approximate surface area is 157 Å². The van der Waals surface area contributed by atoms with Crippen LogP contribution in [0.15, 0.2) is 95.5 Å². The highest BCUT2D eigenvalue weighted by atomic mass is 16.3. The number of furan rings is 1. The summed E-state index contributed by atoms with van der Waals surface area (Å²) in [5.41, 5.74) is 5.11. The quantitative estimate of drug-likeness (QED) is 0.269. The van der Waals surface area contributed by atoms with Crippen LogP contribution in [0.1, 0.15) is 5.56 Å². The van der Waals surface area contributed by atoms with Crippen molar-refractivity contribution in [3.05, 3.63) is 96.6 Å². The number of nitrogens with one attached hydrogen (secondary N) is 1. The third kappa shape index (κ3) is 3.05. The van der Waals surface area contributed by atoms with Crippen LogP contribution in [-0.2, 0) is 0 Å². The molecular weight excluding hydrogens is 332 g/mol. The minimum Gasteiger partial charge on any atom is -0.456 e. The van der Waals surface area contributed by atoms with Crippen molar-refractivity contribution in [2.24, 2.45) is 0 Å². The number of hydrogen-bond donors (Lipinski definition) is 1. The minimum absolute atomic E-state index is 0.276. The number of benzene rings is 3. The highest BCUT2D eigenvalue weighted by Gasteiger charge is 2.09. The van der Waals surface area contributed by atoms with E-state index < -0.39 is 0 Å². The van der Waals surface area contributed by atoms with E-state index in [9.17, 15) is 0 Å². The molecular formula is C24H16N2O. The van der Waals surface area contributed by atoms with Crippen LogP contribution in [0.5, 0.6) is 0 Å². The van der Waals surface area contributed by atoms with Gasteiger partial charge >= 0.3 is 0 Å². The van der Waals surface area contributed by atoms with E-state index in [0.29, 0.717) is 5.57 Å². The molecule has 0 saturated carbocycles. The molecule has 0 bridgehead atoms. The zero-order chi connectivity index (χ0) is 18.8. The van der Waals surface area contributed by atoms with Gasteiger partial charge in [-0.05, 0) is 41.5 Å². The van der Waals surface area contributed by atoms with Crippen molar-refractivity contribution in [2.45, 2.75) is 0 Å². The van der Waals surface area contributed by atoms with Crippen molar-refractivity contribution in [1.29, 1.82) is 10.7 Å². The third-order valence-electron chi connectivity index (χ3n) is 4.53. The topological polar surface area (TPSA) is 60.8 Å². The van der Waals surface area contributed by atoms with Gasteiger partial charge in [-0.25, -0.2) is 0 Å². The van der Waals surface area contributed by atoms with Crippen molar-refractivity contribution in [3.8, 4) is 17.2 Å². The normalized spacial score (nSPS) is 11.4. The van der Waals surface area contributed by atoms with E-state index in [0.717, 1.165) is 38.6 Å². The second kappa shape index (κ2) is 6.78. The zero-order valence-corrected chi connectivity index (χ0v) is 14.6. The molecule has 1 heterocycles. The fourth-order valence-electron chi connectivity index (χ4n) is 3.15. The fraction of sp³-hybridized carbons (Fsp3) is 0. The zero-order valence-electron chi connectivity index (χ0n) is 14.6. The first-order valence-corrected chi connectivity index (χ1v) is 8.54. The Hall–Kier alpha value is -3.90. The lowest BCUT2D eigenvalue weighted by Gasteiger charge is -2.05. The molecule has 0 spiro atoms. The van der Waals surface area contributed by atoms with Crippen molar-refractivity contribution >= 4 is 27.7 Å². The molecule has 0 radical (unpaired) electrons. The molecule has 0 unspecified atom stereocenters. The second-order valence-electron chi connectivity index (χ2n) is 6.22. The Morgan fingerprint density at radius 1 is 0.926 bits per heavy atom. The van der Waals surface area contributed by atoms with E-state index in [1.54, 1.807) is 0 Å². The number of allylic oxidation sites excluding steroid dienone is 3. The lowest BCUT2D eigenvalue weighted by molar-refractivity contribution is 0.669. The molecule has 0 amide bonds. The van der Waals surface area contributed by atoms with Crippen LogP contribution in [0, 0.1) is 16.7 Å². The minimum atomic E-state index is 0.276. The maximum Gasteiger partial charge on any atom is 0.136 e. The summed E-state index contributed by atoms with van der Waals surface area (Å²) in [6.45, 7) is 3.59. The van der Waals surface area contributed by atoms with Gasteiger partial charge in [0.15, 0.2) is 0 Å². The predicted octanol–water partition coefficient (Wildman–Crippen LogP) is 6.26. The Morgan fingerprint density at radius 3 is 2.52 bits per heavy atom. The van der Waals surface area contributed by atoms with Crippen molar-refractivity contribution in [1.82, 2.24) is 0 Å². The summed E-state index contributed by atoms with van der Waals surface area (Å²) < 4.78 is 5.98. The van der Waals surface area contributed by atoms with Crippen molar-refractivity contribution in [3.63, 3.8) is 0 Å². The lowest BCUT2D eigenvalue weighted by Crippen LogP contribution is -1.96. The van der Waals surface area contributed by atoms with Crippen LogP contribution in [0.3, 0.4) is 0 Å². The van der Waals surface area contributed by atoms with Gasteiger partial charge in [-0.15, -0.1) is 0 Å². The number of hydrogen-bond acceptors (Lipinski definition) is 3. The average Bonchev–Trinajstić information content (AvgIpc) is 3.09. The maximum absolute atomic E-state index is 9.02.